The Morgan fingerprint density at radius 2 is 1.75 bits per heavy atom. The van der Waals surface area contributed by atoms with E-state index in [-0.39, 0.29) is 29.1 Å². The molecule has 4 atom stereocenters. The lowest BCUT2D eigenvalue weighted by atomic mass is 10.1. The summed E-state index contributed by atoms with van der Waals surface area (Å²) < 4.78 is 16.5. The van der Waals surface area contributed by atoms with Crippen molar-refractivity contribution in [2.24, 2.45) is 0 Å². The highest BCUT2D eigenvalue weighted by atomic mass is 16.7. The maximum atomic E-state index is 12.7. The van der Waals surface area contributed by atoms with Crippen molar-refractivity contribution in [3.63, 3.8) is 0 Å². The molecule has 0 radical (unpaired) electrons. The largest absolute Gasteiger partial charge is 0.508 e. The Labute approximate surface area is 158 Å². The van der Waals surface area contributed by atoms with Gasteiger partial charge in [0, 0.05) is 23.8 Å². The number of aromatic hydroxyl groups is 1. The van der Waals surface area contributed by atoms with E-state index >= 15 is 0 Å². The van der Waals surface area contributed by atoms with Gasteiger partial charge in [-0.25, -0.2) is 0 Å². The van der Waals surface area contributed by atoms with Crippen molar-refractivity contribution >= 4 is 11.0 Å². The highest BCUT2D eigenvalue weighted by molar-refractivity contribution is 5.86. The number of benzene rings is 2. The predicted molar refractivity (Wildman–Crippen MR) is 98.0 cm³/mol. The van der Waals surface area contributed by atoms with E-state index in [9.17, 15) is 25.2 Å². The van der Waals surface area contributed by atoms with Crippen molar-refractivity contribution in [1.29, 1.82) is 0 Å². The molecule has 2 aromatic carbocycles. The normalized spacial score (nSPS) is 25.0. The van der Waals surface area contributed by atoms with Crippen molar-refractivity contribution < 1.29 is 34.3 Å². The van der Waals surface area contributed by atoms with Crippen LogP contribution in [0.4, 0.5) is 0 Å². The first-order valence-corrected chi connectivity index (χ1v) is 8.63. The molecule has 146 valence electrons. The second-order valence-electron chi connectivity index (χ2n) is 6.53. The van der Waals surface area contributed by atoms with Crippen LogP contribution in [0.5, 0.6) is 11.5 Å². The Bertz CT molecular complexity index is 1050. The fourth-order valence-electron chi connectivity index (χ4n) is 3.08. The fraction of sp³-hybridized carbons (Fsp3) is 0.250. The summed E-state index contributed by atoms with van der Waals surface area (Å²) in [6.07, 6.45) is -5.61. The molecule has 1 aliphatic rings. The van der Waals surface area contributed by atoms with Gasteiger partial charge in [-0.1, -0.05) is 30.3 Å². The van der Waals surface area contributed by atoms with Crippen LogP contribution in [-0.2, 0) is 4.74 Å². The van der Waals surface area contributed by atoms with Crippen LogP contribution in [0.3, 0.4) is 0 Å². The zero-order chi connectivity index (χ0) is 19.8. The molecule has 1 fully saturated rings. The van der Waals surface area contributed by atoms with Gasteiger partial charge in [0.15, 0.2) is 5.43 Å². The SMILES string of the molecule is O=c1cc(-c2ccccc2)oc2cc(O)cc(OC3OCC(O)C(O)C3O)c12. The van der Waals surface area contributed by atoms with Gasteiger partial charge < -0.3 is 34.3 Å². The lowest BCUT2D eigenvalue weighted by molar-refractivity contribution is -0.241. The average Bonchev–Trinajstić information content (AvgIpc) is 2.68. The number of aliphatic hydroxyl groups excluding tert-OH is 3. The summed E-state index contributed by atoms with van der Waals surface area (Å²) in [5.41, 5.74) is 0.365. The van der Waals surface area contributed by atoms with E-state index in [4.69, 9.17) is 13.9 Å². The van der Waals surface area contributed by atoms with E-state index < -0.39 is 30.0 Å². The number of ether oxygens (including phenoxy) is 2. The van der Waals surface area contributed by atoms with Crippen LogP contribution in [0.15, 0.2) is 57.7 Å². The number of rotatable bonds is 3. The highest BCUT2D eigenvalue weighted by Crippen LogP contribution is 2.33. The van der Waals surface area contributed by atoms with E-state index in [0.29, 0.717) is 11.3 Å². The lowest BCUT2D eigenvalue weighted by Gasteiger charge is -2.35. The second-order valence-corrected chi connectivity index (χ2v) is 6.53. The average molecular weight is 386 g/mol. The predicted octanol–water partition coefficient (Wildman–Crippen LogP) is 0.983. The second kappa shape index (κ2) is 7.25. The van der Waals surface area contributed by atoms with E-state index in [2.05, 4.69) is 0 Å². The van der Waals surface area contributed by atoms with E-state index in [0.717, 1.165) is 0 Å². The molecule has 4 N–H and O–H groups in total. The number of phenols is 1. The molecule has 4 rings (SSSR count). The Morgan fingerprint density at radius 1 is 1.00 bits per heavy atom. The van der Waals surface area contributed by atoms with Crippen molar-refractivity contribution in [2.75, 3.05) is 6.61 Å². The van der Waals surface area contributed by atoms with Crippen molar-refractivity contribution in [2.45, 2.75) is 24.6 Å². The van der Waals surface area contributed by atoms with Crippen LogP contribution < -0.4 is 10.2 Å². The van der Waals surface area contributed by atoms with Crippen LogP contribution in [0.2, 0.25) is 0 Å². The molecule has 3 aromatic rings. The first-order valence-electron chi connectivity index (χ1n) is 8.63. The molecular formula is C20H18O8. The molecule has 1 saturated heterocycles. The molecule has 0 amide bonds. The quantitative estimate of drug-likeness (QED) is 0.524. The molecule has 4 unspecified atom stereocenters. The van der Waals surface area contributed by atoms with Crippen molar-refractivity contribution in [1.82, 2.24) is 0 Å². The summed E-state index contributed by atoms with van der Waals surface area (Å²) >= 11 is 0. The summed E-state index contributed by atoms with van der Waals surface area (Å²) in [4.78, 5) is 12.7. The molecule has 0 bridgehead atoms. The molecule has 2 heterocycles. The van der Waals surface area contributed by atoms with E-state index in [1.807, 2.05) is 6.07 Å². The maximum absolute atomic E-state index is 12.7. The Balaban J connectivity index is 1.76. The fourth-order valence-corrected chi connectivity index (χ4v) is 3.08. The zero-order valence-electron chi connectivity index (χ0n) is 14.6. The summed E-state index contributed by atoms with van der Waals surface area (Å²) in [5.74, 6) is 0.0277. The first-order chi connectivity index (χ1) is 13.4. The van der Waals surface area contributed by atoms with Crippen LogP contribution in [0.1, 0.15) is 0 Å². The molecule has 1 aromatic heterocycles. The number of fused-ring (bicyclic) bond motifs is 1. The maximum Gasteiger partial charge on any atom is 0.228 e. The van der Waals surface area contributed by atoms with E-state index in [1.165, 1.54) is 18.2 Å². The van der Waals surface area contributed by atoms with Gasteiger partial charge in [-0.2, -0.15) is 0 Å². The van der Waals surface area contributed by atoms with Crippen LogP contribution in [-0.4, -0.2) is 51.6 Å². The first kappa shape index (κ1) is 18.5. The Kier molecular flexibility index (Phi) is 4.78. The summed E-state index contributed by atoms with van der Waals surface area (Å²) in [6, 6.07) is 12.8. The number of hydrogen-bond donors (Lipinski definition) is 4. The van der Waals surface area contributed by atoms with Gasteiger partial charge in [-0.05, 0) is 0 Å². The third kappa shape index (κ3) is 3.34. The third-order valence-electron chi connectivity index (χ3n) is 4.53. The van der Waals surface area contributed by atoms with Crippen LogP contribution in [0, 0.1) is 0 Å². The molecule has 8 heteroatoms. The minimum absolute atomic E-state index is 0.0499. The van der Waals surface area contributed by atoms with Crippen molar-refractivity contribution in [3.05, 3.63) is 58.8 Å². The van der Waals surface area contributed by atoms with Gasteiger partial charge in [0.2, 0.25) is 6.29 Å². The minimum atomic E-state index is -1.54. The van der Waals surface area contributed by atoms with Crippen LogP contribution >= 0.6 is 0 Å². The molecule has 8 nitrogen and oxygen atoms in total. The number of hydrogen-bond acceptors (Lipinski definition) is 8. The summed E-state index contributed by atoms with van der Waals surface area (Å²) in [6.45, 7) is -0.258. The molecule has 0 aliphatic carbocycles. The molecule has 0 spiro atoms. The zero-order valence-corrected chi connectivity index (χ0v) is 14.6. The lowest BCUT2D eigenvalue weighted by Crippen LogP contribution is -2.54. The van der Waals surface area contributed by atoms with Gasteiger partial charge in [0.25, 0.3) is 0 Å². The van der Waals surface area contributed by atoms with Gasteiger partial charge in [-0.3, -0.25) is 4.79 Å². The van der Waals surface area contributed by atoms with E-state index in [1.54, 1.807) is 24.3 Å². The molecular weight excluding hydrogens is 368 g/mol. The smallest absolute Gasteiger partial charge is 0.228 e. The Hall–Kier alpha value is -2.91. The highest BCUT2D eigenvalue weighted by Gasteiger charge is 2.39. The van der Waals surface area contributed by atoms with Crippen molar-refractivity contribution in [3.8, 4) is 22.8 Å². The van der Waals surface area contributed by atoms with Gasteiger partial charge >= 0.3 is 0 Å². The van der Waals surface area contributed by atoms with Gasteiger partial charge in [0.1, 0.15) is 46.5 Å². The third-order valence-corrected chi connectivity index (χ3v) is 4.53. The Morgan fingerprint density at radius 3 is 2.50 bits per heavy atom. The minimum Gasteiger partial charge on any atom is -0.508 e. The van der Waals surface area contributed by atoms with Gasteiger partial charge in [0.05, 0.1) is 6.61 Å². The summed E-state index contributed by atoms with van der Waals surface area (Å²) in [5, 5.41) is 39.4. The number of phenolic OH excluding ortho intramolecular Hbond substituents is 1. The topological polar surface area (TPSA) is 130 Å². The number of aliphatic hydroxyl groups is 3. The summed E-state index contributed by atoms with van der Waals surface area (Å²) in [7, 11) is 0. The van der Waals surface area contributed by atoms with Crippen LogP contribution in [0.25, 0.3) is 22.3 Å². The molecule has 1 aliphatic heterocycles. The monoisotopic (exact) mass is 386 g/mol. The molecule has 28 heavy (non-hydrogen) atoms. The standard InChI is InChI=1S/C20H18O8/c21-11-6-15-17(12(22)8-14(27-15)10-4-2-1-3-5-10)16(7-11)28-20-19(25)18(24)13(23)9-26-20/h1-8,13,18-21,23-25H,9H2. The van der Waals surface area contributed by atoms with Gasteiger partial charge in [-0.15, -0.1) is 0 Å². The molecule has 0 saturated carbocycles.